The normalized spacial score (nSPS) is 13.9. The molecule has 1 unspecified atom stereocenters. The van der Waals surface area contributed by atoms with Crippen molar-refractivity contribution in [2.45, 2.75) is 16.2 Å². The standard InChI is InChI=1S/2C49H30N2O.C43H26N2O/c1-3-14-31(15-4-1)43-30-44(51-48(50-43)32-16-5-2-6-17-32)35-19-13-18-33(28-35)34-26-27-38-42(29-34)49(47-46(38)39-22-9-12-25-45(39)52-47)40-23-10-7-20-36(40)37-21-8-11-24-41(37)49;1-3-15-31(16-4-1)43-30-44(51-48(50-43)32-17-5-2-6-18-32)37-21-8-7-19-34(37)33-27-28-36-35-20-9-12-24-40(35)49(42(36)29-33)41-25-13-10-22-38(41)46-39-23-11-14-26-45(39)52-47(46)49;1-3-14-27(15-4-1)36-26-37(45-42(44-36)28-16-5-2-6-17-28)31-21-13-22-33-39-32-20-9-12-25-38(32)46-41(39)43(40(31)33)34-23-10-7-18-29(34)30-19-8-11-24-35(30)43/h2*1-30H;1-26H. The summed E-state index contributed by atoms with van der Waals surface area (Å²) in [6.45, 7) is 0. The topological polar surface area (TPSA) is 117 Å². The lowest BCUT2D eigenvalue weighted by Crippen LogP contribution is -2.26. The maximum absolute atomic E-state index is 6.99. The maximum Gasteiger partial charge on any atom is 0.160 e. The van der Waals surface area contributed by atoms with Gasteiger partial charge in [0.15, 0.2) is 17.5 Å². The van der Waals surface area contributed by atoms with Crippen LogP contribution in [0.3, 0.4) is 0 Å². The Morgan fingerprint density at radius 3 is 0.833 bits per heavy atom. The van der Waals surface area contributed by atoms with Crippen LogP contribution in [0.2, 0.25) is 0 Å². The fourth-order valence-electron chi connectivity index (χ4n) is 25.2. The van der Waals surface area contributed by atoms with E-state index in [0.717, 1.165) is 157 Å². The van der Waals surface area contributed by atoms with Crippen molar-refractivity contribution in [2.75, 3.05) is 0 Å². The highest BCUT2D eigenvalue weighted by molar-refractivity contribution is 6.10. The number of benzene rings is 20. The van der Waals surface area contributed by atoms with Crippen LogP contribution in [0.25, 0.3) is 224 Å². The third-order valence-electron chi connectivity index (χ3n) is 31.5. The molecule has 0 aliphatic heterocycles. The largest absolute Gasteiger partial charge is 0.459 e. The fourth-order valence-corrected chi connectivity index (χ4v) is 25.2. The van der Waals surface area contributed by atoms with Crippen molar-refractivity contribution in [1.82, 2.24) is 29.9 Å². The molecule has 6 aromatic heterocycles. The third kappa shape index (κ3) is 13.0. The molecular formula is C141H86N6O3. The molecule has 3 spiro atoms. The molecule has 9 heteroatoms. The lowest BCUT2D eigenvalue weighted by molar-refractivity contribution is 0.506. The summed E-state index contributed by atoms with van der Waals surface area (Å²) in [5.41, 5.74) is 46.1. The highest BCUT2D eigenvalue weighted by atomic mass is 16.3. The summed E-state index contributed by atoms with van der Waals surface area (Å²) in [4.78, 5) is 30.8. The van der Waals surface area contributed by atoms with Gasteiger partial charge in [-0.15, -0.1) is 0 Å². The molecule has 6 aliphatic carbocycles. The molecule has 6 aliphatic rings. The van der Waals surface area contributed by atoms with Crippen LogP contribution < -0.4 is 0 Å². The number of para-hydroxylation sites is 3. The van der Waals surface area contributed by atoms with Gasteiger partial charge in [0.2, 0.25) is 0 Å². The first-order valence-corrected chi connectivity index (χ1v) is 51.2. The van der Waals surface area contributed by atoms with Crippen LogP contribution in [0, 0.1) is 0 Å². The van der Waals surface area contributed by atoms with Gasteiger partial charge in [-0.05, 0) is 177 Å². The average molecular weight is 1910 g/mol. The van der Waals surface area contributed by atoms with Gasteiger partial charge in [0.1, 0.15) is 50.3 Å². The van der Waals surface area contributed by atoms with Gasteiger partial charge in [-0.3, -0.25) is 0 Å². The van der Waals surface area contributed by atoms with Crippen LogP contribution in [0.5, 0.6) is 0 Å². The fraction of sp³-hybridized carbons (Fsp3) is 0.0213. The number of fused-ring (bicyclic) bond motifs is 36. The first kappa shape index (κ1) is 85.8. The molecule has 32 rings (SSSR count). The van der Waals surface area contributed by atoms with Gasteiger partial charge in [0.05, 0.1) is 34.2 Å². The zero-order valence-corrected chi connectivity index (χ0v) is 81.1. The first-order chi connectivity index (χ1) is 74.4. The summed E-state index contributed by atoms with van der Waals surface area (Å²) in [7, 11) is 0. The first-order valence-electron chi connectivity index (χ1n) is 51.2. The predicted octanol–water partition coefficient (Wildman–Crippen LogP) is 35.0. The van der Waals surface area contributed by atoms with Crippen molar-refractivity contribution in [3.05, 3.63) is 589 Å². The number of furan rings is 3. The molecule has 0 saturated heterocycles. The summed E-state index contributed by atoms with van der Waals surface area (Å²) in [6, 6.07) is 185. The Hall–Kier alpha value is -19.7. The van der Waals surface area contributed by atoms with Crippen LogP contribution in [0.1, 0.15) is 67.4 Å². The minimum absolute atomic E-state index is 0.563. The van der Waals surface area contributed by atoms with E-state index in [1.54, 1.807) is 0 Å². The molecule has 0 saturated carbocycles. The van der Waals surface area contributed by atoms with E-state index in [4.69, 9.17) is 43.2 Å². The highest BCUT2D eigenvalue weighted by Gasteiger charge is 2.59. The van der Waals surface area contributed by atoms with Gasteiger partial charge < -0.3 is 13.3 Å². The van der Waals surface area contributed by atoms with Crippen LogP contribution >= 0.6 is 0 Å². The van der Waals surface area contributed by atoms with Crippen molar-refractivity contribution < 1.29 is 13.3 Å². The van der Waals surface area contributed by atoms with Crippen molar-refractivity contribution in [3.63, 3.8) is 0 Å². The zero-order valence-electron chi connectivity index (χ0n) is 81.1. The quantitative estimate of drug-likeness (QED) is 0.125. The van der Waals surface area contributed by atoms with Crippen molar-refractivity contribution >= 4 is 32.9 Å². The second-order valence-electron chi connectivity index (χ2n) is 39.4. The summed E-state index contributed by atoms with van der Waals surface area (Å²) in [6.07, 6.45) is 0. The monoisotopic (exact) mass is 1910 g/mol. The molecule has 0 bridgehead atoms. The van der Waals surface area contributed by atoms with Gasteiger partial charge in [-0.25, -0.2) is 29.9 Å². The lowest BCUT2D eigenvalue weighted by Gasteiger charge is -2.30. The van der Waals surface area contributed by atoms with E-state index >= 15 is 0 Å². The van der Waals surface area contributed by atoms with E-state index in [-0.39, 0.29) is 0 Å². The third-order valence-corrected chi connectivity index (χ3v) is 31.5. The molecule has 26 aromatic rings. The second kappa shape index (κ2) is 34.2. The molecule has 0 N–H and O–H groups in total. The molecule has 20 aromatic carbocycles. The molecule has 0 radical (unpaired) electrons. The van der Waals surface area contributed by atoms with E-state index < -0.39 is 16.2 Å². The SMILES string of the molecule is c1ccc(-c2cc(-c3cccc(-c4ccc5c(c4)C4(c6ccccc6-c6ccccc64)c4oc6ccccc6c4-5)c3)nc(-c3ccccc3)n2)cc1.c1ccc(-c2cc(-c3cccc4c3C3(c5ccccc5-c5ccccc53)c3oc5ccccc5c3-4)nc(-c3ccccc3)n2)cc1.c1ccc(-c2cc(-c3ccccc3-c3ccc4c(c3)C3(c5ccccc5-4)c4ccccc4-c4c3oc3ccccc43)nc(-c3ccccc3)n2)cc1. The number of nitrogens with zero attached hydrogens (tertiary/aromatic N) is 6. The second-order valence-corrected chi connectivity index (χ2v) is 39.4. The lowest BCUT2D eigenvalue weighted by atomic mass is 9.71. The van der Waals surface area contributed by atoms with Gasteiger partial charge in [0.25, 0.3) is 0 Å². The number of aromatic nitrogens is 6. The minimum Gasteiger partial charge on any atom is -0.459 e. The van der Waals surface area contributed by atoms with E-state index in [9.17, 15) is 0 Å². The Balaban J connectivity index is 0.000000104. The Labute approximate surface area is 866 Å². The van der Waals surface area contributed by atoms with E-state index in [0.29, 0.717) is 17.5 Å². The van der Waals surface area contributed by atoms with Crippen molar-refractivity contribution in [3.8, 4) is 191 Å². The van der Waals surface area contributed by atoms with E-state index in [1.807, 2.05) is 72.8 Å². The summed E-state index contributed by atoms with van der Waals surface area (Å²) in [5.74, 6) is 5.11. The molecule has 9 nitrogen and oxygen atoms in total. The predicted molar refractivity (Wildman–Crippen MR) is 604 cm³/mol. The van der Waals surface area contributed by atoms with Crippen molar-refractivity contribution in [2.24, 2.45) is 0 Å². The Bertz CT molecular complexity index is 9720. The van der Waals surface area contributed by atoms with Crippen LogP contribution in [0.15, 0.2) is 535 Å². The molecule has 0 fully saturated rings. The summed E-state index contributed by atoms with van der Waals surface area (Å²) >= 11 is 0. The number of hydrogen-bond acceptors (Lipinski definition) is 9. The summed E-state index contributed by atoms with van der Waals surface area (Å²) in [5, 5.41) is 3.44. The molecule has 150 heavy (non-hydrogen) atoms. The molecule has 0 amide bonds. The average Bonchev–Trinajstić information content (AvgIpc) is 1.50. The molecule has 1 atom stereocenters. The maximum atomic E-state index is 6.99. The van der Waals surface area contributed by atoms with Crippen LogP contribution in [-0.4, -0.2) is 29.9 Å². The molecule has 6 heterocycles. The number of rotatable bonds is 11. The minimum atomic E-state index is -0.641. The smallest absolute Gasteiger partial charge is 0.160 e. The van der Waals surface area contributed by atoms with Gasteiger partial charge >= 0.3 is 0 Å². The highest BCUT2D eigenvalue weighted by Crippen LogP contribution is 2.70. The molecule has 698 valence electrons. The van der Waals surface area contributed by atoms with Gasteiger partial charge in [-0.1, -0.05) is 467 Å². The van der Waals surface area contributed by atoms with Crippen LogP contribution in [-0.2, 0) is 16.2 Å². The molecular weight excluding hydrogens is 1830 g/mol. The summed E-state index contributed by atoms with van der Waals surface area (Å²) < 4.78 is 20.9. The Morgan fingerprint density at radius 2 is 0.393 bits per heavy atom. The number of hydrogen-bond donors (Lipinski definition) is 0. The van der Waals surface area contributed by atoms with Gasteiger partial charge in [0, 0.05) is 82.9 Å². The van der Waals surface area contributed by atoms with E-state index in [2.05, 4.69) is 449 Å². The van der Waals surface area contributed by atoms with E-state index in [1.165, 1.54) is 117 Å². The zero-order chi connectivity index (χ0) is 98.7. The Kier molecular flexibility index (Phi) is 19.6. The van der Waals surface area contributed by atoms with Crippen LogP contribution in [0.4, 0.5) is 0 Å². The Morgan fingerprint density at radius 1 is 0.140 bits per heavy atom. The van der Waals surface area contributed by atoms with Gasteiger partial charge in [-0.2, -0.15) is 0 Å². The van der Waals surface area contributed by atoms with Crippen molar-refractivity contribution in [1.29, 1.82) is 0 Å².